The monoisotopic (exact) mass is 602 g/mol. The molecule has 0 radical (unpaired) electrons. The van der Waals surface area contributed by atoms with Gasteiger partial charge < -0.3 is 14.2 Å². The Morgan fingerprint density at radius 3 is 1.07 bits per heavy atom. The summed E-state index contributed by atoms with van der Waals surface area (Å²) in [4.78, 5) is 0. The molecule has 0 amide bonds. The van der Waals surface area contributed by atoms with Gasteiger partial charge in [0.15, 0.2) is 0 Å². The van der Waals surface area contributed by atoms with Gasteiger partial charge in [0, 0.05) is 76.9 Å². The van der Waals surface area contributed by atoms with E-state index in [1.54, 1.807) is 34.0 Å². The second-order valence-corrected chi connectivity index (χ2v) is 14.8. The van der Waals surface area contributed by atoms with Crippen LogP contribution in [0.15, 0.2) is 91.0 Å². The molecule has 0 saturated carbocycles. The van der Waals surface area contributed by atoms with E-state index in [-0.39, 0.29) is 6.71 Å². The highest BCUT2D eigenvalue weighted by atomic mass is 32.1. The van der Waals surface area contributed by atoms with Crippen LogP contribution in [0.5, 0.6) is 34.5 Å². The SMILES string of the molecule is c1ccc2c(c1)sc1cc3c4c(c12)Oc1cc2sc5ccccc5c2c2c1B4c1c(cc4sc5ccccc5c4c1O3)O2. The average molecular weight is 603 g/mol. The minimum atomic E-state index is -0.0505. The summed E-state index contributed by atoms with van der Waals surface area (Å²) in [6, 6.07) is 32.7. The summed E-state index contributed by atoms with van der Waals surface area (Å²) in [6.07, 6.45) is 0. The molecule has 3 nitrogen and oxygen atoms in total. The zero-order valence-electron chi connectivity index (χ0n) is 22.2. The van der Waals surface area contributed by atoms with Crippen molar-refractivity contribution in [2.24, 2.45) is 0 Å². The van der Waals surface area contributed by atoms with Gasteiger partial charge in [0.1, 0.15) is 34.5 Å². The highest BCUT2D eigenvalue weighted by molar-refractivity contribution is 7.27. The van der Waals surface area contributed by atoms with Crippen molar-refractivity contribution in [2.75, 3.05) is 0 Å². The van der Waals surface area contributed by atoms with Crippen molar-refractivity contribution >= 4 is 118 Å². The Kier molecular flexibility index (Phi) is 3.75. The third kappa shape index (κ3) is 2.53. The summed E-state index contributed by atoms with van der Waals surface area (Å²) in [5, 5.41) is 7.19. The van der Waals surface area contributed by atoms with Crippen LogP contribution in [0.3, 0.4) is 0 Å². The molecule has 198 valence electrons. The summed E-state index contributed by atoms with van der Waals surface area (Å²) < 4.78 is 28.4. The van der Waals surface area contributed by atoms with Gasteiger partial charge in [-0.15, -0.1) is 34.0 Å². The third-order valence-electron chi connectivity index (χ3n) is 9.37. The molecule has 0 unspecified atom stereocenters. The smallest absolute Gasteiger partial charge is 0.270 e. The lowest BCUT2D eigenvalue weighted by Crippen LogP contribution is -2.59. The standard InChI is InChI=1S/C36H15BO3S3/c1-4-10-22-16(7-1)28-25(41-22)13-19-31-34(28)38-20-14-26-29(17-8-2-5-11-23(17)42-26)35-32(20)37(31)33-21(40-35)15-27-30(36(33)39-19)18-9-3-6-12-24(18)43-27/h1-15H. The van der Waals surface area contributed by atoms with Crippen LogP contribution in [0, 0.1) is 0 Å². The summed E-state index contributed by atoms with van der Waals surface area (Å²) >= 11 is 5.40. The van der Waals surface area contributed by atoms with E-state index in [1.165, 1.54) is 60.5 Å². The number of hydrogen-bond donors (Lipinski definition) is 0. The van der Waals surface area contributed by atoms with E-state index < -0.39 is 0 Å². The molecule has 0 N–H and O–H groups in total. The van der Waals surface area contributed by atoms with E-state index in [0.717, 1.165) is 50.9 Å². The molecule has 12 rings (SSSR count). The van der Waals surface area contributed by atoms with Gasteiger partial charge in [-0.1, -0.05) is 54.6 Å². The first kappa shape index (κ1) is 22.0. The molecule has 0 saturated heterocycles. The molecule has 0 bridgehead atoms. The number of thiophene rings is 3. The van der Waals surface area contributed by atoms with Crippen molar-refractivity contribution in [3.05, 3.63) is 91.0 Å². The predicted molar refractivity (Wildman–Crippen MR) is 183 cm³/mol. The molecular weight excluding hydrogens is 587 g/mol. The molecule has 3 aliphatic rings. The normalized spacial score (nSPS) is 14.1. The van der Waals surface area contributed by atoms with Gasteiger partial charge in [-0.3, -0.25) is 0 Å². The van der Waals surface area contributed by atoms with Crippen LogP contribution in [0.1, 0.15) is 0 Å². The Morgan fingerprint density at radius 2 is 0.721 bits per heavy atom. The van der Waals surface area contributed by atoms with Crippen molar-refractivity contribution in [1.29, 1.82) is 0 Å². The first-order valence-electron chi connectivity index (χ1n) is 14.3. The molecule has 7 heteroatoms. The Bertz CT molecular complexity index is 2480. The Morgan fingerprint density at radius 1 is 0.395 bits per heavy atom. The van der Waals surface area contributed by atoms with Crippen LogP contribution in [-0.2, 0) is 0 Å². The van der Waals surface area contributed by atoms with Gasteiger partial charge in [-0.25, -0.2) is 0 Å². The fourth-order valence-electron chi connectivity index (χ4n) is 7.69. The Hall–Kier alpha value is -4.56. The molecule has 9 aromatic rings. The maximum absolute atomic E-state index is 7.03. The zero-order valence-corrected chi connectivity index (χ0v) is 24.6. The van der Waals surface area contributed by atoms with Crippen molar-refractivity contribution in [1.82, 2.24) is 0 Å². The van der Waals surface area contributed by atoms with Crippen LogP contribution < -0.4 is 30.6 Å². The lowest BCUT2D eigenvalue weighted by Gasteiger charge is -2.38. The first-order valence-corrected chi connectivity index (χ1v) is 16.7. The lowest BCUT2D eigenvalue weighted by atomic mass is 9.33. The predicted octanol–water partition coefficient (Wildman–Crippen LogP) is 9.62. The Balaban J connectivity index is 1.30. The van der Waals surface area contributed by atoms with Gasteiger partial charge in [0.05, 0.1) is 0 Å². The van der Waals surface area contributed by atoms with Crippen molar-refractivity contribution in [3.63, 3.8) is 0 Å². The minimum absolute atomic E-state index is 0.0505. The fourth-order valence-corrected chi connectivity index (χ4v) is 11.1. The molecule has 43 heavy (non-hydrogen) atoms. The van der Waals surface area contributed by atoms with Crippen LogP contribution in [0.25, 0.3) is 60.5 Å². The third-order valence-corrected chi connectivity index (χ3v) is 12.7. The maximum atomic E-state index is 7.03. The van der Waals surface area contributed by atoms with Crippen LogP contribution in [0.4, 0.5) is 0 Å². The molecule has 0 aliphatic carbocycles. The van der Waals surface area contributed by atoms with Gasteiger partial charge in [-0.05, 0) is 36.4 Å². The van der Waals surface area contributed by atoms with E-state index in [0.29, 0.717) is 0 Å². The number of hydrogen-bond acceptors (Lipinski definition) is 6. The van der Waals surface area contributed by atoms with Gasteiger partial charge >= 0.3 is 0 Å². The number of fused-ring (bicyclic) bond motifs is 12. The topological polar surface area (TPSA) is 27.7 Å². The number of benzene rings is 6. The Labute approximate surface area is 256 Å². The van der Waals surface area contributed by atoms with Crippen LogP contribution >= 0.6 is 34.0 Å². The van der Waals surface area contributed by atoms with Gasteiger partial charge in [-0.2, -0.15) is 0 Å². The van der Waals surface area contributed by atoms with Crippen LogP contribution in [-0.4, -0.2) is 6.71 Å². The number of rotatable bonds is 0. The largest absolute Gasteiger partial charge is 0.457 e. The molecule has 6 aromatic carbocycles. The second kappa shape index (κ2) is 7.32. The van der Waals surface area contributed by atoms with Crippen molar-refractivity contribution < 1.29 is 14.2 Å². The van der Waals surface area contributed by atoms with Gasteiger partial charge in [0.2, 0.25) is 0 Å². The quantitative estimate of drug-likeness (QED) is 0.162. The molecule has 3 aliphatic heterocycles. The maximum Gasteiger partial charge on any atom is 0.270 e. The zero-order chi connectivity index (χ0) is 27.6. The minimum Gasteiger partial charge on any atom is -0.457 e. The molecule has 6 heterocycles. The molecule has 0 atom stereocenters. The molecule has 3 aromatic heterocycles. The van der Waals surface area contributed by atoms with E-state index in [1.807, 2.05) is 0 Å². The second-order valence-electron chi connectivity index (χ2n) is 11.5. The van der Waals surface area contributed by atoms with E-state index in [2.05, 4.69) is 91.0 Å². The first-order chi connectivity index (χ1) is 21.3. The van der Waals surface area contributed by atoms with Gasteiger partial charge in [0.25, 0.3) is 6.71 Å². The van der Waals surface area contributed by atoms with Crippen molar-refractivity contribution in [2.45, 2.75) is 0 Å². The van der Waals surface area contributed by atoms with E-state index in [9.17, 15) is 0 Å². The summed E-state index contributed by atoms with van der Waals surface area (Å²) in [5.74, 6) is 5.41. The molecular formula is C36H15BO3S3. The highest BCUT2D eigenvalue weighted by Crippen LogP contribution is 2.53. The lowest BCUT2D eigenvalue weighted by molar-refractivity contribution is 0.451. The summed E-state index contributed by atoms with van der Waals surface area (Å²) in [7, 11) is 0. The molecule has 0 fully saturated rings. The van der Waals surface area contributed by atoms with E-state index in [4.69, 9.17) is 14.2 Å². The van der Waals surface area contributed by atoms with E-state index >= 15 is 0 Å². The number of ether oxygens (including phenoxy) is 3. The van der Waals surface area contributed by atoms with Crippen LogP contribution in [0.2, 0.25) is 0 Å². The molecule has 0 spiro atoms. The summed E-state index contributed by atoms with van der Waals surface area (Å²) in [5.41, 5.74) is 3.33. The fraction of sp³-hybridized carbons (Fsp3) is 0. The average Bonchev–Trinajstić information content (AvgIpc) is 3.71. The summed E-state index contributed by atoms with van der Waals surface area (Å²) in [6.45, 7) is -0.0505. The highest BCUT2D eigenvalue weighted by Gasteiger charge is 2.49. The van der Waals surface area contributed by atoms with Crippen molar-refractivity contribution in [3.8, 4) is 34.5 Å².